The molecule has 3 rings (SSSR count). The molecule has 2 amide bonds. The summed E-state index contributed by atoms with van der Waals surface area (Å²) in [5.41, 5.74) is 7.90. The van der Waals surface area contributed by atoms with Crippen LogP contribution in [0.2, 0.25) is 0 Å². The minimum atomic E-state index is -5.58. The molecule has 1 fully saturated rings. The van der Waals surface area contributed by atoms with E-state index >= 15 is 0 Å². The van der Waals surface area contributed by atoms with Crippen molar-refractivity contribution in [2.45, 2.75) is 69.8 Å². The Morgan fingerprint density at radius 1 is 1.11 bits per heavy atom. The quantitative estimate of drug-likeness (QED) is 0.0307. The molecule has 1 saturated heterocycles. The third-order valence-corrected chi connectivity index (χ3v) is 11.8. The first-order chi connectivity index (χ1) is 26.0. The highest BCUT2D eigenvalue weighted by Gasteiger charge is 2.50. The summed E-state index contributed by atoms with van der Waals surface area (Å²) in [5, 5.41) is 26.0. The Balaban J connectivity index is 1.48. The van der Waals surface area contributed by atoms with Gasteiger partial charge in [0.05, 0.1) is 19.5 Å². The van der Waals surface area contributed by atoms with Gasteiger partial charge in [0.15, 0.2) is 23.7 Å². The third-order valence-electron chi connectivity index (χ3n) is 7.71. The van der Waals surface area contributed by atoms with E-state index in [4.69, 9.17) is 19.5 Å². The van der Waals surface area contributed by atoms with Crippen molar-refractivity contribution in [3.8, 4) is 0 Å². The van der Waals surface area contributed by atoms with E-state index in [2.05, 4.69) is 40.2 Å². The summed E-state index contributed by atoms with van der Waals surface area (Å²) in [4.78, 5) is 97.8. The van der Waals surface area contributed by atoms with E-state index in [-0.39, 0.29) is 53.8 Å². The predicted molar refractivity (Wildman–Crippen MR) is 189 cm³/mol. The smallest absolute Gasteiger partial charge is 0.386 e. The molecular formula is C26H44N8O18P3S+. The van der Waals surface area contributed by atoms with Gasteiger partial charge < -0.3 is 61.4 Å². The number of nitrogen functional groups attached to an aromatic ring is 1. The lowest BCUT2D eigenvalue weighted by atomic mass is 9.87. The lowest BCUT2D eigenvalue weighted by molar-refractivity contribution is -0.402. The molecule has 3 heterocycles. The molecule has 13 N–H and O–H groups in total. The molecule has 0 radical (unpaired) electrons. The summed E-state index contributed by atoms with van der Waals surface area (Å²) in [5.74, 6) is -1.28. The number of imidazole rings is 1. The van der Waals surface area contributed by atoms with Gasteiger partial charge in [0, 0.05) is 43.5 Å². The topological polar surface area (TPSA) is 408 Å². The van der Waals surface area contributed by atoms with E-state index < -0.39 is 90.6 Å². The van der Waals surface area contributed by atoms with Crippen LogP contribution in [0, 0.1) is 5.41 Å². The molecule has 2 aromatic heterocycles. The van der Waals surface area contributed by atoms with Gasteiger partial charge in [-0.15, -0.1) is 0 Å². The van der Waals surface area contributed by atoms with Crippen molar-refractivity contribution in [2.75, 3.05) is 37.8 Å². The number of aliphatic hydroxyl groups excluding tert-OH is 2. The highest BCUT2D eigenvalue weighted by molar-refractivity contribution is 8.13. The molecule has 0 saturated carbocycles. The normalized spacial score (nSPS) is 22.2. The molecule has 316 valence electrons. The highest BCUT2D eigenvalue weighted by Crippen LogP contribution is 2.61. The number of aromatic nitrogens is 4. The second kappa shape index (κ2) is 20.2. The number of carbonyl (C=O) groups excluding carboxylic acids is 4. The summed E-state index contributed by atoms with van der Waals surface area (Å²) in [7, 11) is -16.4. The first-order valence-electron chi connectivity index (χ1n) is 16.3. The lowest BCUT2D eigenvalue weighted by Crippen LogP contribution is -2.64. The van der Waals surface area contributed by atoms with Gasteiger partial charge in [0.25, 0.3) is 0 Å². The number of aldehydes is 1. The average molecular weight is 882 g/mol. The van der Waals surface area contributed by atoms with Gasteiger partial charge >= 0.3 is 23.5 Å². The molecule has 26 nitrogen and oxygen atoms in total. The van der Waals surface area contributed by atoms with Crippen LogP contribution in [0.25, 0.3) is 11.2 Å². The number of amides is 2. The number of aliphatic hydroxyl groups is 2. The van der Waals surface area contributed by atoms with E-state index in [0.717, 1.165) is 29.0 Å². The van der Waals surface area contributed by atoms with Crippen LogP contribution in [0.3, 0.4) is 0 Å². The van der Waals surface area contributed by atoms with Gasteiger partial charge in [-0.1, -0.05) is 25.6 Å². The highest BCUT2D eigenvalue weighted by atomic mass is 32.2. The second-order valence-electron chi connectivity index (χ2n) is 12.7. The lowest BCUT2D eigenvalue weighted by Gasteiger charge is -2.30. The Labute approximate surface area is 321 Å². The Hall–Kier alpha value is -2.81. The number of carbonyl (C=O) groups is 4. The molecule has 0 bridgehead atoms. The Kier molecular flexibility index (Phi) is 17.2. The first-order valence-corrected chi connectivity index (χ1v) is 21.8. The SMILES string of the molecule is CC(C)(COP(=O)(O)OP(=O)(O)OCC1OC(n2cnc3c(N)ncnc32)C(O)C1OP(=O)(O)O)C(O)C(=O)NCCC(=O)NCCSC(=O)C([NH3+])CCC=O. The van der Waals surface area contributed by atoms with Crippen LogP contribution in [-0.4, -0.2) is 135 Å². The molecule has 30 heteroatoms. The van der Waals surface area contributed by atoms with Crippen molar-refractivity contribution in [3.05, 3.63) is 12.7 Å². The Bertz CT molecular complexity index is 1850. The van der Waals surface area contributed by atoms with Crippen LogP contribution in [0.1, 0.15) is 39.3 Å². The fourth-order valence-corrected chi connectivity index (χ4v) is 8.37. The summed E-state index contributed by atoms with van der Waals surface area (Å²) in [6, 6.07) is -0.557. The number of nitrogens with two attached hydrogens (primary N) is 1. The minimum absolute atomic E-state index is 0.0238. The van der Waals surface area contributed by atoms with Crippen LogP contribution < -0.4 is 22.1 Å². The van der Waals surface area contributed by atoms with E-state index in [0.29, 0.717) is 12.7 Å². The predicted octanol–water partition coefficient (Wildman–Crippen LogP) is -2.75. The summed E-state index contributed by atoms with van der Waals surface area (Å²) in [6.45, 7) is 0.326. The van der Waals surface area contributed by atoms with E-state index in [1.54, 1.807) is 0 Å². The number of hydrogen-bond donors (Lipinski definition) is 10. The van der Waals surface area contributed by atoms with Crippen LogP contribution in [-0.2, 0) is 55.5 Å². The first kappa shape index (κ1) is 47.6. The number of rotatable bonds is 23. The number of anilines is 1. The standard InChI is InChI=1S/C26H43N8O18P3S/c1-26(2,20(38)23(39)30-6-5-16(36)29-7-9-56-25(40)14(27)4-3-8-35)11-49-55(46,47)52-54(44,45)48-10-15-19(51-53(41,42)43)18(37)24(50-15)34-13-33-17-21(28)31-12-32-22(17)34/h8,12-15,18-20,24,37-38H,3-7,9-11,27H2,1-2H3,(H,29,36)(H,30,39)(H,44,45)(H,46,47)(H2,28,31,32)(H2,41,42,43)/p+1. The van der Waals surface area contributed by atoms with Crippen molar-refractivity contribution in [1.29, 1.82) is 0 Å². The van der Waals surface area contributed by atoms with Gasteiger partial charge in [-0.25, -0.2) is 28.6 Å². The van der Waals surface area contributed by atoms with E-state index in [1.807, 2.05) is 0 Å². The Morgan fingerprint density at radius 3 is 2.45 bits per heavy atom. The molecule has 0 spiro atoms. The zero-order valence-corrected chi connectivity index (χ0v) is 33.3. The van der Waals surface area contributed by atoms with Crippen molar-refractivity contribution in [3.63, 3.8) is 0 Å². The van der Waals surface area contributed by atoms with Gasteiger partial charge in [-0.2, -0.15) is 4.31 Å². The minimum Gasteiger partial charge on any atom is -0.386 e. The van der Waals surface area contributed by atoms with Gasteiger partial charge in [-0.05, 0) is 0 Å². The number of phosphoric ester groups is 3. The van der Waals surface area contributed by atoms with Crippen molar-refractivity contribution < 1.29 is 91.0 Å². The van der Waals surface area contributed by atoms with Gasteiger partial charge in [0.1, 0.15) is 42.5 Å². The third kappa shape index (κ3) is 14.2. The molecule has 1 aliphatic heterocycles. The summed E-state index contributed by atoms with van der Waals surface area (Å²) < 4.78 is 62.0. The van der Waals surface area contributed by atoms with Crippen molar-refractivity contribution in [2.24, 2.45) is 5.41 Å². The van der Waals surface area contributed by atoms with E-state index in [1.165, 1.54) is 13.8 Å². The van der Waals surface area contributed by atoms with Gasteiger partial charge in [-0.3, -0.25) is 32.5 Å². The molecule has 56 heavy (non-hydrogen) atoms. The molecule has 1 aliphatic rings. The van der Waals surface area contributed by atoms with Crippen LogP contribution in [0.15, 0.2) is 12.7 Å². The maximum atomic E-state index is 12.7. The van der Waals surface area contributed by atoms with Crippen LogP contribution in [0.5, 0.6) is 0 Å². The zero-order valence-electron chi connectivity index (χ0n) is 29.8. The molecule has 0 aromatic carbocycles. The molecule has 2 aromatic rings. The molecule has 8 unspecified atom stereocenters. The average Bonchev–Trinajstić information content (AvgIpc) is 3.66. The number of nitrogens with zero attached hydrogens (tertiary/aromatic N) is 4. The maximum Gasteiger partial charge on any atom is 0.481 e. The van der Waals surface area contributed by atoms with E-state index in [9.17, 15) is 62.7 Å². The molecular weight excluding hydrogens is 837 g/mol. The fraction of sp³-hybridized carbons (Fsp3) is 0.654. The molecule has 8 atom stereocenters. The van der Waals surface area contributed by atoms with Crippen LogP contribution in [0.4, 0.5) is 5.82 Å². The number of quaternary nitrogens is 1. The summed E-state index contributed by atoms with van der Waals surface area (Å²) in [6.07, 6.45) is -5.80. The fourth-order valence-electron chi connectivity index (χ4n) is 4.79. The number of fused-ring (bicyclic) bond motifs is 1. The van der Waals surface area contributed by atoms with Crippen LogP contribution >= 0.6 is 35.2 Å². The maximum absolute atomic E-state index is 12.7. The molecule has 0 aliphatic carbocycles. The summed E-state index contributed by atoms with van der Waals surface area (Å²) >= 11 is 0.950. The second-order valence-corrected chi connectivity index (χ2v) is 18.0. The van der Waals surface area contributed by atoms with Crippen molar-refractivity contribution >= 4 is 75.4 Å². The zero-order chi connectivity index (χ0) is 42.1. The van der Waals surface area contributed by atoms with Crippen molar-refractivity contribution in [1.82, 2.24) is 30.2 Å². The number of phosphoric acid groups is 3. The number of hydrogen-bond acceptors (Lipinski definition) is 19. The largest absolute Gasteiger partial charge is 0.481 e. The van der Waals surface area contributed by atoms with Gasteiger partial charge in [0.2, 0.25) is 16.9 Å². The monoisotopic (exact) mass is 881 g/mol. The number of ether oxygens (including phenoxy) is 1. The number of nitrogens with one attached hydrogen (secondary N) is 2. The Morgan fingerprint density at radius 2 is 1.79 bits per heavy atom. The number of thioether (sulfide) groups is 1.